The number of nitriles is 1. The van der Waals surface area contributed by atoms with Crippen molar-refractivity contribution < 1.29 is 13.6 Å². The van der Waals surface area contributed by atoms with Crippen molar-refractivity contribution in [2.45, 2.75) is 0 Å². The average Bonchev–Trinajstić information content (AvgIpc) is 2.84. The Kier molecular flexibility index (Phi) is 4.33. The highest BCUT2D eigenvalue weighted by Crippen LogP contribution is 2.18. The van der Waals surface area contributed by atoms with E-state index in [2.05, 4.69) is 21.2 Å². The van der Waals surface area contributed by atoms with Crippen LogP contribution in [0.4, 0.5) is 10.1 Å². The number of benzene rings is 1. The monoisotopic (exact) mass is 334 g/mol. The van der Waals surface area contributed by atoms with Crippen molar-refractivity contribution in [3.05, 3.63) is 58.2 Å². The first-order valence-corrected chi connectivity index (χ1v) is 6.32. The molecule has 1 aromatic heterocycles. The normalized spacial score (nSPS) is 10.9. The molecule has 0 unspecified atom stereocenters. The maximum atomic E-state index is 13.4. The highest BCUT2D eigenvalue weighted by atomic mass is 79.9. The lowest BCUT2D eigenvalue weighted by atomic mass is 10.2. The van der Waals surface area contributed by atoms with E-state index in [-0.39, 0.29) is 11.3 Å². The fourth-order valence-corrected chi connectivity index (χ4v) is 1.77. The lowest BCUT2D eigenvalue weighted by molar-refractivity contribution is -0.112. The standard InChI is InChI=1S/C14H8BrFN2O2/c15-13-6-5-10(20-13)7-9(8-17)14(19)18-12-4-2-1-3-11(12)16/h1-7H,(H,18,19). The molecule has 1 aromatic carbocycles. The van der Waals surface area contributed by atoms with Crippen LogP contribution in [0.1, 0.15) is 5.76 Å². The highest BCUT2D eigenvalue weighted by Gasteiger charge is 2.12. The third-order valence-electron chi connectivity index (χ3n) is 2.37. The number of anilines is 1. The Hall–Kier alpha value is -2.39. The summed E-state index contributed by atoms with van der Waals surface area (Å²) >= 11 is 3.12. The van der Waals surface area contributed by atoms with Crippen LogP contribution in [0.5, 0.6) is 0 Å². The van der Waals surface area contributed by atoms with Crippen LogP contribution in [0.3, 0.4) is 0 Å². The molecular formula is C14H8BrFN2O2. The fraction of sp³-hybridized carbons (Fsp3) is 0. The van der Waals surface area contributed by atoms with Crippen molar-refractivity contribution in [2.24, 2.45) is 0 Å². The van der Waals surface area contributed by atoms with Crippen LogP contribution in [-0.4, -0.2) is 5.91 Å². The summed E-state index contributed by atoms with van der Waals surface area (Å²) in [4.78, 5) is 11.9. The summed E-state index contributed by atoms with van der Waals surface area (Å²) in [6.45, 7) is 0. The van der Waals surface area contributed by atoms with Gasteiger partial charge in [-0.2, -0.15) is 5.26 Å². The number of carbonyl (C=O) groups excluding carboxylic acids is 1. The highest BCUT2D eigenvalue weighted by molar-refractivity contribution is 9.10. The predicted molar refractivity (Wildman–Crippen MR) is 75.0 cm³/mol. The maximum Gasteiger partial charge on any atom is 0.266 e. The largest absolute Gasteiger partial charge is 0.450 e. The summed E-state index contributed by atoms with van der Waals surface area (Å²) in [7, 11) is 0. The first-order chi connectivity index (χ1) is 9.60. The second kappa shape index (κ2) is 6.17. The van der Waals surface area contributed by atoms with E-state index in [0.717, 1.165) is 0 Å². The molecule has 6 heteroatoms. The first-order valence-electron chi connectivity index (χ1n) is 5.53. The predicted octanol–water partition coefficient (Wildman–Crippen LogP) is 3.73. The average molecular weight is 335 g/mol. The van der Waals surface area contributed by atoms with Crippen LogP contribution >= 0.6 is 15.9 Å². The molecule has 0 aliphatic rings. The quantitative estimate of drug-likeness (QED) is 0.687. The molecule has 0 fully saturated rings. The van der Waals surface area contributed by atoms with E-state index in [0.29, 0.717) is 10.4 Å². The Bertz CT molecular complexity index is 716. The van der Waals surface area contributed by atoms with E-state index in [1.165, 1.54) is 24.3 Å². The Morgan fingerprint density at radius 3 is 2.70 bits per heavy atom. The van der Waals surface area contributed by atoms with Crippen molar-refractivity contribution in [3.63, 3.8) is 0 Å². The molecule has 0 saturated heterocycles. The molecule has 0 radical (unpaired) electrons. The number of hydrogen-bond acceptors (Lipinski definition) is 3. The molecule has 0 bridgehead atoms. The van der Waals surface area contributed by atoms with E-state index in [1.54, 1.807) is 24.3 Å². The Labute approximate surface area is 122 Å². The van der Waals surface area contributed by atoms with E-state index >= 15 is 0 Å². The van der Waals surface area contributed by atoms with Gasteiger partial charge in [0, 0.05) is 6.08 Å². The van der Waals surface area contributed by atoms with Gasteiger partial charge in [-0.15, -0.1) is 0 Å². The van der Waals surface area contributed by atoms with Crippen LogP contribution in [0, 0.1) is 17.1 Å². The molecule has 20 heavy (non-hydrogen) atoms. The Morgan fingerprint density at radius 1 is 1.35 bits per heavy atom. The summed E-state index contributed by atoms with van der Waals surface area (Å²) in [5.41, 5.74) is -0.172. The van der Waals surface area contributed by atoms with Crippen LogP contribution in [0.25, 0.3) is 6.08 Å². The molecule has 1 N–H and O–H groups in total. The topological polar surface area (TPSA) is 66.0 Å². The molecule has 1 amide bonds. The Balaban J connectivity index is 2.21. The van der Waals surface area contributed by atoms with E-state index < -0.39 is 11.7 Å². The van der Waals surface area contributed by atoms with Crippen molar-refractivity contribution in [1.29, 1.82) is 5.26 Å². The van der Waals surface area contributed by atoms with Gasteiger partial charge < -0.3 is 9.73 Å². The number of furan rings is 1. The first kappa shape index (κ1) is 14.0. The van der Waals surface area contributed by atoms with Gasteiger partial charge in [-0.1, -0.05) is 12.1 Å². The zero-order chi connectivity index (χ0) is 14.5. The van der Waals surface area contributed by atoms with Gasteiger partial charge in [0.25, 0.3) is 5.91 Å². The van der Waals surface area contributed by atoms with Crippen LogP contribution in [0.15, 0.2) is 51.1 Å². The number of amides is 1. The molecule has 0 aliphatic heterocycles. The van der Waals surface area contributed by atoms with Gasteiger partial charge in [0.2, 0.25) is 0 Å². The zero-order valence-corrected chi connectivity index (χ0v) is 11.6. The number of hydrogen-bond donors (Lipinski definition) is 1. The lowest BCUT2D eigenvalue weighted by Crippen LogP contribution is -2.14. The van der Waals surface area contributed by atoms with Crippen molar-refractivity contribution in [3.8, 4) is 6.07 Å². The van der Waals surface area contributed by atoms with Crippen molar-refractivity contribution in [2.75, 3.05) is 5.32 Å². The van der Waals surface area contributed by atoms with E-state index in [4.69, 9.17) is 9.68 Å². The third kappa shape index (κ3) is 3.33. The Morgan fingerprint density at radius 2 is 2.10 bits per heavy atom. The number of halogens is 2. The van der Waals surface area contributed by atoms with Gasteiger partial charge in [0.15, 0.2) is 4.67 Å². The maximum absolute atomic E-state index is 13.4. The molecule has 2 rings (SSSR count). The minimum atomic E-state index is -0.704. The molecule has 4 nitrogen and oxygen atoms in total. The van der Waals surface area contributed by atoms with Gasteiger partial charge in [-0.25, -0.2) is 4.39 Å². The summed E-state index contributed by atoms with van der Waals surface area (Å²) in [6.07, 6.45) is 1.28. The number of rotatable bonds is 3. The molecule has 100 valence electrons. The second-order valence-corrected chi connectivity index (χ2v) is 4.53. The van der Waals surface area contributed by atoms with Crippen LogP contribution in [-0.2, 0) is 4.79 Å². The number of para-hydroxylation sites is 1. The third-order valence-corrected chi connectivity index (χ3v) is 2.79. The van der Waals surface area contributed by atoms with Gasteiger partial charge in [-0.05, 0) is 40.2 Å². The minimum absolute atomic E-state index is 0.0132. The molecule has 0 aliphatic carbocycles. The van der Waals surface area contributed by atoms with Gasteiger partial charge in [-0.3, -0.25) is 4.79 Å². The molecule has 0 saturated carbocycles. The number of carbonyl (C=O) groups is 1. The molecule has 2 aromatic rings. The number of nitrogens with zero attached hydrogens (tertiary/aromatic N) is 1. The van der Waals surface area contributed by atoms with Crippen LogP contribution in [0.2, 0.25) is 0 Å². The van der Waals surface area contributed by atoms with Gasteiger partial charge >= 0.3 is 0 Å². The minimum Gasteiger partial charge on any atom is -0.450 e. The van der Waals surface area contributed by atoms with Gasteiger partial charge in [0.1, 0.15) is 23.2 Å². The SMILES string of the molecule is N#CC(=Cc1ccc(Br)o1)C(=O)Nc1ccccc1F. The fourth-order valence-electron chi connectivity index (χ4n) is 1.45. The number of nitrogens with one attached hydrogen (secondary N) is 1. The molecular weight excluding hydrogens is 327 g/mol. The van der Waals surface area contributed by atoms with E-state index in [9.17, 15) is 9.18 Å². The molecule has 0 atom stereocenters. The molecule has 0 spiro atoms. The van der Waals surface area contributed by atoms with Crippen molar-refractivity contribution in [1.82, 2.24) is 0 Å². The smallest absolute Gasteiger partial charge is 0.266 e. The van der Waals surface area contributed by atoms with Crippen LogP contribution < -0.4 is 5.32 Å². The molecule has 1 heterocycles. The summed E-state index contributed by atoms with van der Waals surface area (Å²) in [5.74, 6) is -0.930. The van der Waals surface area contributed by atoms with Crippen molar-refractivity contribution >= 4 is 33.6 Å². The van der Waals surface area contributed by atoms with E-state index in [1.807, 2.05) is 0 Å². The lowest BCUT2D eigenvalue weighted by Gasteiger charge is -2.04. The summed E-state index contributed by atoms with van der Waals surface area (Å²) in [6, 6.07) is 10.7. The zero-order valence-electron chi connectivity index (χ0n) is 10.1. The summed E-state index contributed by atoms with van der Waals surface area (Å²) < 4.78 is 19.1. The van der Waals surface area contributed by atoms with Gasteiger partial charge in [0.05, 0.1) is 5.69 Å². The second-order valence-electron chi connectivity index (χ2n) is 3.75. The summed E-state index contributed by atoms with van der Waals surface area (Å²) in [5, 5.41) is 11.3.